The molecule has 1 heterocycles. The molecule has 3 rings (SSSR count). The van der Waals surface area contributed by atoms with Gasteiger partial charge < -0.3 is 0 Å². The van der Waals surface area contributed by atoms with Crippen LogP contribution in [-0.4, -0.2) is 19.3 Å². The van der Waals surface area contributed by atoms with Gasteiger partial charge >= 0.3 is 0 Å². The first kappa shape index (κ1) is 15.7. The molecule has 2 aromatic rings. The number of sulfonamides is 1. The van der Waals surface area contributed by atoms with Crippen molar-refractivity contribution in [1.29, 1.82) is 0 Å². The Morgan fingerprint density at radius 2 is 1.74 bits per heavy atom. The highest BCUT2D eigenvalue weighted by Gasteiger charge is 2.27. The molecule has 1 aliphatic rings. The van der Waals surface area contributed by atoms with Crippen molar-refractivity contribution in [3.05, 3.63) is 77.8 Å². The van der Waals surface area contributed by atoms with Gasteiger partial charge in [0.05, 0.1) is 4.90 Å². The van der Waals surface area contributed by atoms with E-state index in [0.717, 1.165) is 11.1 Å². The van der Waals surface area contributed by atoms with Gasteiger partial charge in [0.1, 0.15) is 5.82 Å². The number of hydrogen-bond donors (Lipinski definition) is 0. The molecule has 1 aliphatic heterocycles. The first-order chi connectivity index (χ1) is 10.9. The van der Waals surface area contributed by atoms with E-state index in [4.69, 9.17) is 0 Å². The lowest BCUT2D eigenvalue weighted by atomic mass is 10.0. The Morgan fingerprint density at radius 3 is 2.39 bits per heavy atom. The lowest BCUT2D eigenvalue weighted by Crippen LogP contribution is -2.27. The topological polar surface area (TPSA) is 37.4 Å². The Bertz CT molecular complexity index is 811. The number of nitrogens with zero attached hydrogens (tertiary/aromatic N) is 1. The van der Waals surface area contributed by atoms with Crippen molar-refractivity contribution in [2.75, 3.05) is 6.54 Å². The standard InChI is InChI=1S/C18H18FNO2S/c1-14-2-8-18(9-3-14)23(21,22)20-11-10-16(13-20)12-15-4-6-17(19)7-5-15/h2-11,16H,12-13H2,1H3. The summed E-state index contributed by atoms with van der Waals surface area (Å²) in [4.78, 5) is 0.301. The molecule has 0 spiro atoms. The van der Waals surface area contributed by atoms with Crippen LogP contribution in [0.2, 0.25) is 0 Å². The largest absolute Gasteiger partial charge is 0.273 e. The summed E-state index contributed by atoms with van der Waals surface area (Å²) >= 11 is 0. The van der Waals surface area contributed by atoms with Gasteiger partial charge in [0.15, 0.2) is 0 Å². The summed E-state index contributed by atoms with van der Waals surface area (Å²) in [6.45, 7) is 2.33. The summed E-state index contributed by atoms with van der Waals surface area (Å²) in [5.74, 6) is -0.167. The molecule has 0 fully saturated rings. The molecule has 0 radical (unpaired) electrons. The molecule has 3 nitrogen and oxygen atoms in total. The van der Waals surface area contributed by atoms with Crippen molar-refractivity contribution in [3.8, 4) is 0 Å². The van der Waals surface area contributed by atoms with Crippen molar-refractivity contribution in [1.82, 2.24) is 4.31 Å². The third-order valence-corrected chi connectivity index (χ3v) is 5.73. The Kier molecular flexibility index (Phi) is 4.22. The highest BCUT2D eigenvalue weighted by atomic mass is 32.2. The van der Waals surface area contributed by atoms with Crippen LogP contribution in [0, 0.1) is 18.7 Å². The molecule has 23 heavy (non-hydrogen) atoms. The van der Waals surface area contributed by atoms with Crippen molar-refractivity contribution in [2.24, 2.45) is 5.92 Å². The molecule has 1 unspecified atom stereocenters. The molecule has 0 amide bonds. The van der Waals surface area contributed by atoms with Crippen LogP contribution in [0.25, 0.3) is 0 Å². The van der Waals surface area contributed by atoms with Gasteiger partial charge in [0, 0.05) is 18.7 Å². The van der Waals surface area contributed by atoms with Gasteiger partial charge in [-0.15, -0.1) is 0 Å². The first-order valence-corrected chi connectivity index (χ1v) is 8.90. The van der Waals surface area contributed by atoms with Crippen molar-refractivity contribution >= 4 is 10.0 Å². The normalized spacial score (nSPS) is 17.7. The zero-order valence-electron chi connectivity index (χ0n) is 12.8. The first-order valence-electron chi connectivity index (χ1n) is 7.46. The fourth-order valence-corrected chi connectivity index (χ4v) is 4.02. The van der Waals surface area contributed by atoms with E-state index in [1.165, 1.54) is 16.4 Å². The number of halogens is 1. The summed E-state index contributed by atoms with van der Waals surface area (Å²) < 4.78 is 39.5. The van der Waals surface area contributed by atoms with Gasteiger partial charge in [0.25, 0.3) is 10.0 Å². The zero-order chi connectivity index (χ0) is 16.4. The fourth-order valence-electron chi connectivity index (χ4n) is 2.65. The van der Waals surface area contributed by atoms with Gasteiger partial charge in [-0.05, 0) is 43.2 Å². The SMILES string of the molecule is Cc1ccc(S(=O)(=O)N2C=CC(Cc3ccc(F)cc3)C2)cc1. The fraction of sp³-hybridized carbons (Fsp3) is 0.222. The zero-order valence-corrected chi connectivity index (χ0v) is 13.6. The summed E-state index contributed by atoms with van der Waals surface area (Å²) in [6, 6.07) is 13.2. The number of rotatable bonds is 4. The Hall–Kier alpha value is -2.14. The number of hydrogen-bond acceptors (Lipinski definition) is 2. The summed E-state index contributed by atoms with van der Waals surface area (Å²) in [5, 5.41) is 0. The number of aryl methyl sites for hydroxylation is 1. The Labute approximate surface area is 136 Å². The Morgan fingerprint density at radius 1 is 1.09 bits per heavy atom. The van der Waals surface area contributed by atoms with Crippen molar-refractivity contribution in [2.45, 2.75) is 18.2 Å². The van der Waals surface area contributed by atoms with Crippen LogP contribution in [-0.2, 0) is 16.4 Å². The maximum absolute atomic E-state index is 12.9. The summed E-state index contributed by atoms with van der Waals surface area (Å²) in [5.41, 5.74) is 2.02. The average molecular weight is 331 g/mol. The van der Waals surface area contributed by atoms with E-state index in [-0.39, 0.29) is 11.7 Å². The molecule has 5 heteroatoms. The molecule has 120 valence electrons. The van der Waals surface area contributed by atoms with Gasteiger partial charge in [-0.1, -0.05) is 35.9 Å². The number of benzene rings is 2. The van der Waals surface area contributed by atoms with E-state index in [1.807, 2.05) is 13.0 Å². The summed E-state index contributed by atoms with van der Waals surface area (Å²) in [6.07, 6.45) is 4.22. The minimum Gasteiger partial charge on any atom is -0.273 e. The van der Waals surface area contributed by atoms with E-state index < -0.39 is 10.0 Å². The maximum atomic E-state index is 12.9. The monoisotopic (exact) mass is 331 g/mol. The molecular weight excluding hydrogens is 313 g/mol. The molecule has 2 aromatic carbocycles. The minimum absolute atomic E-state index is 0.0979. The van der Waals surface area contributed by atoms with Crippen LogP contribution < -0.4 is 0 Å². The molecular formula is C18H18FNO2S. The second kappa shape index (κ2) is 6.16. The lowest BCUT2D eigenvalue weighted by molar-refractivity contribution is 0.479. The van der Waals surface area contributed by atoms with Crippen LogP contribution in [0.3, 0.4) is 0 Å². The van der Waals surface area contributed by atoms with E-state index >= 15 is 0 Å². The van der Waals surface area contributed by atoms with Crippen LogP contribution in [0.5, 0.6) is 0 Å². The highest BCUT2D eigenvalue weighted by molar-refractivity contribution is 7.89. The molecule has 0 saturated heterocycles. The lowest BCUT2D eigenvalue weighted by Gasteiger charge is -2.18. The quantitative estimate of drug-likeness (QED) is 0.860. The average Bonchev–Trinajstić information content (AvgIpc) is 2.99. The van der Waals surface area contributed by atoms with Crippen LogP contribution >= 0.6 is 0 Å². The highest BCUT2D eigenvalue weighted by Crippen LogP contribution is 2.25. The molecule has 0 aromatic heterocycles. The third-order valence-electron chi connectivity index (χ3n) is 3.98. The van der Waals surface area contributed by atoms with Gasteiger partial charge in [-0.2, -0.15) is 0 Å². The second-order valence-corrected chi connectivity index (χ2v) is 7.71. The van der Waals surface area contributed by atoms with Crippen LogP contribution in [0.1, 0.15) is 11.1 Å². The predicted molar refractivity (Wildman–Crippen MR) is 87.8 cm³/mol. The van der Waals surface area contributed by atoms with E-state index in [9.17, 15) is 12.8 Å². The molecule has 0 N–H and O–H groups in total. The van der Waals surface area contributed by atoms with E-state index in [2.05, 4.69) is 0 Å². The predicted octanol–water partition coefficient (Wildman–Crippen LogP) is 3.51. The third kappa shape index (κ3) is 3.45. The van der Waals surface area contributed by atoms with Crippen LogP contribution in [0.15, 0.2) is 65.7 Å². The molecule has 1 atom stereocenters. The van der Waals surface area contributed by atoms with Gasteiger partial charge in [0.2, 0.25) is 0 Å². The van der Waals surface area contributed by atoms with E-state index in [1.54, 1.807) is 42.6 Å². The minimum atomic E-state index is -3.50. The molecule has 0 saturated carbocycles. The maximum Gasteiger partial charge on any atom is 0.263 e. The van der Waals surface area contributed by atoms with Gasteiger partial charge in [-0.3, -0.25) is 4.31 Å². The molecule has 0 aliphatic carbocycles. The smallest absolute Gasteiger partial charge is 0.263 e. The van der Waals surface area contributed by atoms with Gasteiger partial charge in [-0.25, -0.2) is 12.8 Å². The van der Waals surface area contributed by atoms with Crippen molar-refractivity contribution in [3.63, 3.8) is 0 Å². The molecule has 0 bridgehead atoms. The van der Waals surface area contributed by atoms with Crippen molar-refractivity contribution < 1.29 is 12.8 Å². The Balaban J connectivity index is 1.71. The second-order valence-electron chi connectivity index (χ2n) is 5.82. The summed E-state index contributed by atoms with van der Waals surface area (Å²) in [7, 11) is -3.50. The van der Waals surface area contributed by atoms with E-state index in [0.29, 0.717) is 17.9 Å². The van der Waals surface area contributed by atoms with Crippen LogP contribution in [0.4, 0.5) is 4.39 Å².